The van der Waals surface area contributed by atoms with Crippen molar-refractivity contribution in [3.8, 4) is 17.0 Å². The average Bonchev–Trinajstić information content (AvgIpc) is 3.23. The van der Waals surface area contributed by atoms with Crippen molar-refractivity contribution in [2.45, 2.75) is 39.7 Å². The number of methoxy groups -OCH3 is 1. The number of carbonyl (C=O) groups is 1. The van der Waals surface area contributed by atoms with Gasteiger partial charge in [0.15, 0.2) is 11.6 Å². The van der Waals surface area contributed by atoms with Crippen molar-refractivity contribution in [3.63, 3.8) is 0 Å². The SMILES string of the molecule is CCCc1cc(-c2ccc(F)c(C)c2)nn1CC(=O)N1CC=C(c2ncc(OC)cn2)CC1. The zero-order valence-electron chi connectivity index (χ0n) is 19.2. The number of aromatic nitrogens is 4. The van der Waals surface area contributed by atoms with Gasteiger partial charge in [0.05, 0.1) is 25.2 Å². The highest BCUT2D eigenvalue weighted by molar-refractivity contribution is 5.78. The Morgan fingerprint density at radius 2 is 2.00 bits per heavy atom. The summed E-state index contributed by atoms with van der Waals surface area (Å²) >= 11 is 0. The number of aryl methyl sites for hydroxylation is 2. The van der Waals surface area contributed by atoms with Gasteiger partial charge in [-0.2, -0.15) is 5.10 Å². The molecule has 0 atom stereocenters. The third kappa shape index (κ3) is 5.10. The van der Waals surface area contributed by atoms with E-state index in [9.17, 15) is 9.18 Å². The van der Waals surface area contributed by atoms with Crippen LogP contribution in [0.2, 0.25) is 0 Å². The van der Waals surface area contributed by atoms with Crippen molar-refractivity contribution in [2.24, 2.45) is 0 Å². The molecule has 0 spiro atoms. The fraction of sp³-hybridized carbons (Fsp3) is 0.360. The molecule has 3 heterocycles. The number of halogens is 1. The van der Waals surface area contributed by atoms with Gasteiger partial charge in [-0.1, -0.05) is 19.4 Å². The normalized spacial score (nSPS) is 13.7. The second-order valence-electron chi connectivity index (χ2n) is 8.16. The maximum Gasteiger partial charge on any atom is 0.244 e. The van der Waals surface area contributed by atoms with Crippen LogP contribution in [0.25, 0.3) is 16.8 Å². The van der Waals surface area contributed by atoms with E-state index in [1.54, 1.807) is 43.2 Å². The number of nitrogens with zero attached hydrogens (tertiary/aromatic N) is 5. The topological polar surface area (TPSA) is 73.1 Å². The van der Waals surface area contributed by atoms with Crippen LogP contribution in [0.5, 0.6) is 5.75 Å². The van der Waals surface area contributed by atoms with E-state index >= 15 is 0 Å². The van der Waals surface area contributed by atoms with Crippen molar-refractivity contribution < 1.29 is 13.9 Å². The van der Waals surface area contributed by atoms with Crippen molar-refractivity contribution in [1.82, 2.24) is 24.6 Å². The van der Waals surface area contributed by atoms with E-state index in [4.69, 9.17) is 4.74 Å². The molecule has 0 radical (unpaired) electrons. The van der Waals surface area contributed by atoms with Crippen LogP contribution in [-0.4, -0.2) is 50.8 Å². The van der Waals surface area contributed by atoms with Crippen LogP contribution in [0.3, 0.4) is 0 Å². The Kier molecular flexibility index (Phi) is 6.82. The van der Waals surface area contributed by atoms with Crippen LogP contribution < -0.4 is 4.74 Å². The summed E-state index contributed by atoms with van der Waals surface area (Å²) in [5, 5.41) is 4.68. The van der Waals surface area contributed by atoms with Gasteiger partial charge in [-0.25, -0.2) is 14.4 Å². The lowest BCUT2D eigenvalue weighted by Crippen LogP contribution is -2.37. The van der Waals surface area contributed by atoms with Crippen molar-refractivity contribution in [2.75, 3.05) is 20.2 Å². The van der Waals surface area contributed by atoms with Gasteiger partial charge in [0.25, 0.3) is 0 Å². The summed E-state index contributed by atoms with van der Waals surface area (Å²) in [5.74, 6) is 1.06. The van der Waals surface area contributed by atoms with Crippen LogP contribution in [0, 0.1) is 12.7 Å². The molecule has 8 heteroatoms. The second kappa shape index (κ2) is 9.94. The maximum absolute atomic E-state index is 13.7. The van der Waals surface area contributed by atoms with Crippen LogP contribution in [0.4, 0.5) is 4.39 Å². The first-order chi connectivity index (χ1) is 16.0. The minimum atomic E-state index is -0.236. The molecule has 0 bridgehead atoms. The van der Waals surface area contributed by atoms with Crippen molar-refractivity contribution in [3.05, 3.63) is 65.6 Å². The monoisotopic (exact) mass is 449 g/mol. The minimum Gasteiger partial charge on any atom is -0.494 e. The molecule has 4 rings (SSSR count). The zero-order chi connectivity index (χ0) is 23.4. The molecule has 2 aromatic heterocycles. The van der Waals surface area contributed by atoms with Crippen molar-refractivity contribution in [1.29, 1.82) is 0 Å². The molecule has 1 aromatic carbocycles. The number of benzene rings is 1. The molecule has 3 aromatic rings. The van der Waals surface area contributed by atoms with Gasteiger partial charge >= 0.3 is 0 Å². The molecular formula is C25H28FN5O2. The van der Waals surface area contributed by atoms with Crippen LogP contribution in [-0.2, 0) is 17.8 Å². The van der Waals surface area contributed by atoms with Crippen molar-refractivity contribution >= 4 is 11.5 Å². The van der Waals surface area contributed by atoms with E-state index < -0.39 is 0 Å². The lowest BCUT2D eigenvalue weighted by molar-refractivity contribution is -0.131. The number of hydrogen-bond acceptors (Lipinski definition) is 5. The minimum absolute atomic E-state index is 0.0169. The molecule has 1 amide bonds. The second-order valence-corrected chi connectivity index (χ2v) is 8.16. The molecule has 172 valence electrons. The molecule has 0 N–H and O–H groups in total. The predicted molar refractivity (Wildman–Crippen MR) is 124 cm³/mol. The first-order valence-electron chi connectivity index (χ1n) is 11.1. The number of carbonyl (C=O) groups excluding carboxylic acids is 1. The Hall–Kier alpha value is -3.55. The van der Waals surface area contributed by atoms with E-state index in [2.05, 4.69) is 22.0 Å². The number of ether oxygens (including phenoxy) is 1. The first kappa shape index (κ1) is 22.6. The van der Waals surface area contributed by atoms with Crippen LogP contribution in [0.15, 0.2) is 42.7 Å². The Labute approximate surface area is 192 Å². The highest BCUT2D eigenvalue weighted by Crippen LogP contribution is 2.24. The summed E-state index contributed by atoms with van der Waals surface area (Å²) in [6.45, 7) is 5.13. The quantitative estimate of drug-likeness (QED) is 0.544. The van der Waals surface area contributed by atoms with Crippen LogP contribution >= 0.6 is 0 Å². The summed E-state index contributed by atoms with van der Waals surface area (Å²) in [6.07, 6.45) is 7.76. The lowest BCUT2D eigenvalue weighted by Gasteiger charge is -2.26. The fourth-order valence-electron chi connectivity index (χ4n) is 3.91. The first-order valence-corrected chi connectivity index (χ1v) is 11.1. The van der Waals surface area contributed by atoms with E-state index in [1.807, 2.05) is 17.0 Å². The van der Waals surface area contributed by atoms with E-state index in [0.29, 0.717) is 36.6 Å². The van der Waals surface area contributed by atoms with Gasteiger partial charge < -0.3 is 9.64 Å². The number of amides is 1. The fourth-order valence-corrected chi connectivity index (χ4v) is 3.91. The molecule has 0 unspecified atom stereocenters. The van der Waals surface area contributed by atoms with Gasteiger partial charge in [-0.05, 0) is 55.2 Å². The standard InChI is InChI=1S/C25H28FN5O2/c1-4-5-20-13-23(19-6-7-22(26)17(2)12-19)29-31(20)16-24(32)30-10-8-18(9-11-30)25-27-14-21(33-3)15-28-25/h6-8,12-15H,4-5,9-11,16H2,1-3H3. The summed E-state index contributed by atoms with van der Waals surface area (Å²) in [6, 6.07) is 6.97. The summed E-state index contributed by atoms with van der Waals surface area (Å²) in [7, 11) is 1.58. The summed E-state index contributed by atoms with van der Waals surface area (Å²) in [5.41, 5.74) is 4.21. The predicted octanol–water partition coefficient (Wildman–Crippen LogP) is 4.06. The lowest BCUT2D eigenvalue weighted by atomic mass is 10.1. The van der Waals surface area contributed by atoms with Crippen LogP contribution in [0.1, 0.15) is 36.8 Å². The third-order valence-corrected chi connectivity index (χ3v) is 5.82. The smallest absolute Gasteiger partial charge is 0.244 e. The molecule has 0 saturated heterocycles. The summed E-state index contributed by atoms with van der Waals surface area (Å²) in [4.78, 5) is 23.5. The molecule has 33 heavy (non-hydrogen) atoms. The summed E-state index contributed by atoms with van der Waals surface area (Å²) < 4.78 is 20.6. The molecule has 1 aliphatic rings. The molecular weight excluding hydrogens is 421 g/mol. The molecule has 0 aliphatic carbocycles. The number of hydrogen-bond donors (Lipinski definition) is 0. The van der Waals surface area contributed by atoms with Gasteiger partial charge in [-0.15, -0.1) is 0 Å². The van der Waals surface area contributed by atoms with E-state index in [1.165, 1.54) is 6.07 Å². The number of rotatable bonds is 7. The molecule has 7 nitrogen and oxygen atoms in total. The van der Waals surface area contributed by atoms with Gasteiger partial charge in [0, 0.05) is 24.3 Å². The Morgan fingerprint density at radius 3 is 2.64 bits per heavy atom. The zero-order valence-corrected chi connectivity index (χ0v) is 19.2. The Morgan fingerprint density at radius 1 is 1.21 bits per heavy atom. The largest absolute Gasteiger partial charge is 0.494 e. The molecule has 0 saturated carbocycles. The third-order valence-electron chi connectivity index (χ3n) is 5.82. The van der Waals surface area contributed by atoms with Gasteiger partial charge in [0.1, 0.15) is 12.4 Å². The Balaban J connectivity index is 1.47. The highest BCUT2D eigenvalue weighted by atomic mass is 19.1. The maximum atomic E-state index is 13.7. The molecule has 1 aliphatic heterocycles. The molecule has 0 fully saturated rings. The van der Waals surface area contributed by atoms with E-state index in [-0.39, 0.29) is 18.3 Å². The Bertz CT molecular complexity index is 1170. The van der Waals surface area contributed by atoms with Gasteiger partial charge in [-0.3, -0.25) is 9.48 Å². The van der Waals surface area contributed by atoms with E-state index in [0.717, 1.165) is 35.4 Å². The average molecular weight is 450 g/mol. The van der Waals surface area contributed by atoms with Gasteiger partial charge in [0.2, 0.25) is 5.91 Å². The highest BCUT2D eigenvalue weighted by Gasteiger charge is 2.21.